The molecule has 0 radical (unpaired) electrons. The van der Waals surface area contributed by atoms with Crippen molar-refractivity contribution < 1.29 is 48.7 Å². The quantitative estimate of drug-likeness (QED) is 0.414. The molecular weight excluding hydrogens is 563 g/mol. The number of alkyl halides is 6. The van der Waals surface area contributed by atoms with Gasteiger partial charge >= 0.3 is 12.4 Å². The Morgan fingerprint density at radius 2 is 1.74 bits per heavy atom. The SMILES string of the molecule is Cc1c(C(F)(F)F)nnc(Oc2ncc(C3(C(F)(F)F)CC3)nc2F)c1C(=O)Nc1cccc(S(C)(=O)=O)c1. The van der Waals surface area contributed by atoms with Gasteiger partial charge in [0.05, 0.1) is 16.8 Å². The van der Waals surface area contributed by atoms with Gasteiger partial charge in [0.1, 0.15) is 11.0 Å². The normalized spacial score (nSPS) is 15.1. The van der Waals surface area contributed by atoms with Crippen molar-refractivity contribution in [3.05, 3.63) is 58.9 Å². The largest absolute Gasteiger partial charge is 0.435 e. The van der Waals surface area contributed by atoms with E-state index in [0.29, 0.717) is 6.20 Å². The van der Waals surface area contributed by atoms with Gasteiger partial charge in [-0.3, -0.25) is 4.79 Å². The van der Waals surface area contributed by atoms with Crippen molar-refractivity contribution in [2.45, 2.75) is 42.4 Å². The van der Waals surface area contributed by atoms with E-state index in [9.17, 15) is 43.9 Å². The monoisotopic (exact) mass is 579 g/mol. The maximum absolute atomic E-state index is 14.6. The van der Waals surface area contributed by atoms with E-state index in [-0.39, 0.29) is 23.4 Å². The third-order valence-corrected chi connectivity index (χ3v) is 6.99. The zero-order valence-corrected chi connectivity index (χ0v) is 20.6. The molecule has 1 saturated carbocycles. The van der Waals surface area contributed by atoms with Crippen LogP contribution in [0.1, 0.15) is 40.2 Å². The second-order valence-corrected chi connectivity index (χ2v) is 10.7. The number of halogens is 7. The molecule has 2 aromatic heterocycles. The molecule has 0 spiro atoms. The van der Waals surface area contributed by atoms with Gasteiger partial charge in [0, 0.05) is 11.9 Å². The zero-order valence-electron chi connectivity index (χ0n) is 19.8. The number of aromatic nitrogens is 4. The lowest BCUT2D eigenvalue weighted by molar-refractivity contribution is -0.161. The highest BCUT2D eigenvalue weighted by Gasteiger charge is 2.65. The summed E-state index contributed by atoms with van der Waals surface area (Å²) in [5.74, 6) is -4.93. The number of nitrogens with zero attached hydrogens (tertiary/aromatic N) is 4. The van der Waals surface area contributed by atoms with E-state index in [1.807, 2.05) is 0 Å². The van der Waals surface area contributed by atoms with E-state index in [0.717, 1.165) is 19.2 Å². The fourth-order valence-electron chi connectivity index (χ4n) is 3.66. The molecule has 1 amide bonds. The molecule has 0 atom stereocenters. The number of ether oxygens (including phenoxy) is 1. The van der Waals surface area contributed by atoms with Crippen molar-refractivity contribution in [1.29, 1.82) is 0 Å². The number of carbonyl (C=O) groups is 1. The minimum atomic E-state index is -5.07. The van der Waals surface area contributed by atoms with Crippen LogP contribution in [-0.4, -0.2) is 46.9 Å². The van der Waals surface area contributed by atoms with Crippen LogP contribution in [0.3, 0.4) is 0 Å². The smallest absolute Gasteiger partial charge is 0.414 e. The lowest BCUT2D eigenvalue weighted by Crippen LogP contribution is -2.30. The number of amides is 1. The molecule has 39 heavy (non-hydrogen) atoms. The molecule has 208 valence electrons. The molecule has 0 saturated heterocycles. The highest BCUT2D eigenvalue weighted by atomic mass is 32.2. The number of carbonyl (C=O) groups excluding carboxylic acids is 1. The summed E-state index contributed by atoms with van der Waals surface area (Å²) in [6.45, 7) is 0.859. The summed E-state index contributed by atoms with van der Waals surface area (Å²) in [5.41, 5.74) is -6.44. The van der Waals surface area contributed by atoms with Gasteiger partial charge in [-0.15, -0.1) is 10.2 Å². The molecule has 3 aromatic rings. The lowest BCUT2D eigenvalue weighted by atomic mass is 10.0. The Balaban J connectivity index is 1.73. The molecule has 1 aliphatic carbocycles. The van der Waals surface area contributed by atoms with Crippen LogP contribution in [0, 0.1) is 12.9 Å². The second-order valence-electron chi connectivity index (χ2n) is 8.64. The second kappa shape index (κ2) is 9.39. The van der Waals surface area contributed by atoms with Crippen LogP contribution in [0.15, 0.2) is 35.4 Å². The molecule has 0 unspecified atom stereocenters. The number of anilines is 1. The minimum absolute atomic E-state index is 0.129. The fourth-order valence-corrected chi connectivity index (χ4v) is 4.33. The Hall–Kier alpha value is -3.89. The highest BCUT2D eigenvalue weighted by molar-refractivity contribution is 7.90. The first-order valence-electron chi connectivity index (χ1n) is 10.8. The molecule has 2 heterocycles. The summed E-state index contributed by atoms with van der Waals surface area (Å²) < 4.78 is 124. The van der Waals surface area contributed by atoms with Gasteiger partial charge in [0.2, 0.25) is 0 Å². The van der Waals surface area contributed by atoms with Crippen LogP contribution in [0.2, 0.25) is 0 Å². The van der Waals surface area contributed by atoms with Crippen molar-refractivity contribution >= 4 is 21.4 Å². The number of rotatable bonds is 6. The van der Waals surface area contributed by atoms with Crippen LogP contribution in [-0.2, 0) is 21.4 Å². The Kier molecular flexibility index (Phi) is 6.77. The standard InChI is InChI=1S/C22H16F7N5O4S/c1-10-14(17(35)31-11-4-3-5-12(8-11)39(2,36)37)18(34-33-15(10)21(24,25)26)38-19-16(23)32-13(9-30-19)20(6-7-20)22(27,28)29/h3-5,8-9H,6-7H2,1-2H3,(H,31,35). The third kappa shape index (κ3) is 5.48. The van der Waals surface area contributed by atoms with Gasteiger partial charge < -0.3 is 10.1 Å². The fraction of sp³-hybridized carbons (Fsp3) is 0.318. The maximum atomic E-state index is 14.6. The topological polar surface area (TPSA) is 124 Å². The summed E-state index contributed by atoms with van der Waals surface area (Å²) in [5, 5.41) is 8.43. The number of sulfone groups is 1. The molecular formula is C22H16F7N5O4S. The van der Waals surface area contributed by atoms with E-state index in [4.69, 9.17) is 4.74 Å². The molecule has 4 rings (SSSR count). The Bertz CT molecular complexity index is 1570. The van der Waals surface area contributed by atoms with Gasteiger partial charge in [-0.2, -0.15) is 30.7 Å². The Labute approximate surface area is 215 Å². The summed E-state index contributed by atoms with van der Waals surface area (Å²) >= 11 is 0. The molecule has 1 aliphatic rings. The first kappa shape index (κ1) is 28.1. The van der Waals surface area contributed by atoms with Crippen molar-refractivity contribution in [2.75, 3.05) is 11.6 Å². The van der Waals surface area contributed by atoms with Crippen molar-refractivity contribution in [2.24, 2.45) is 0 Å². The number of nitrogens with one attached hydrogen (secondary N) is 1. The molecule has 1 N–H and O–H groups in total. The van der Waals surface area contributed by atoms with E-state index in [1.54, 1.807) is 0 Å². The lowest BCUT2D eigenvalue weighted by Gasteiger charge is -2.19. The van der Waals surface area contributed by atoms with E-state index >= 15 is 0 Å². The van der Waals surface area contributed by atoms with Crippen LogP contribution < -0.4 is 10.1 Å². The predicted molar refractivity (Wildman–Crippen MR) is 118 cm³/mol. The van der Waals surface area contributed by atoms with Gasteiger partial charge in [-0.25, -0.2) is 18.4 Å². The van der Waals surface area contributed by atoms with E-state index in [1.165, 1.54) is 18.2 Å². The van der Waals surface area contributed by atoms with Crippen LogP contribution in [0.5, 0.6) is 11.8 Å². The summed E-state index contributed by atoms with van der Waals surface area (Å²) in [6, 6.07) is 4.78. The van der Waals surface area contributed by atoms with Crippen molar-refractivity contribution in [1.82, 2.24) is 20.2 Å². The van der Waals surface area contributed by atoms with E-state index in [2.05, 4.69) is 25.5 Å². The minimum Gasteiger partial charge on any atom is -0.414 e. The number of benzene rings is 1. The van der Waals surface area contributed by atoms with Gasteiger partial charge in [0.25, 0.3) is 23.6 Å². The Morgan fingerprint density at radius 3 is 2.28 bits per heavy atom. The first-order valence-corrected chi connectivity index (χ1v) is 12.7. The van der Waals surface area contributed by atoms with Gasteiger partial charge in [-0.1, -0.05) is 6.07 Å². The summed E-state index contributed by atoms with van der Waals surface area (Å²) in [6.07, 6.45) is -8.94. The zero-order chi connectivity index (χ0) is 29.0. The van der Waals surface area contributed by atoms with Crippen LogP contribution in [0.25, 0.3) is 0 Å². The average molecular weight is 579 g/mol. The predicted octanol–water partition coefficient (Wildman–Crippen LogP) is 4.77. The molecule has 1 aromatic carbocycles. The van der Waals surface area contributed by atoms with Crippen molar-refractivity contribution in [3.8, 4) is 11.8 Å². The van der Waals surface area contributed by atoms with Crippen LogP contribution >= 0.6 is 0 Å². The average Bonchev–Trinajstić information content (AvgIpc) is 3.61. The summed E-state index contributed by atoms with van der Waals surface area (Å²) in [7, 11) is -3.71. The summed E-state index contributed by atoms with van der Waals surface area (Å²) in [4.78, 5) is 19.6. The number of hydrogen-bond donors (Lipinski definition) is 1. The first-order chi connectivity index (χ1) is 17.9. The molecule has 9 nitrogen and oxygen atoms in total. The van der Waals surface area contributed by atoms with Crippen LogP contribution in [0.4, 0.5) is 36.4 Å². The Morgan fingerprint density at radius 1 is 1.08 bits per heavy atom. The molecule has 0 aliphatic heterocycles. The number of hydrogen-bond acceptors (Lipinski definition) is 8. The molecule has 1 fully saturated rings. The van der Waals surface area contributed by atoms with Gasteiger partial charge in [0.15, 0.2) is 15.5 Å². The van der Waals surface area contributed by atoms with Gasteiger partial charge in [-0.05, 0) is 43.5 Å². The highest BCUT2D eigenvalue weighted by Crippen LogP contribution is 2.58. The molecule has 0 bridgehead atoms. The third-order valence-electron chi connectivity index (χ3n) is 5.88. The molecule has 17 heteroatoms. The van der Waals surface area contributed by atoms with Crippen molar-refractivity contribution in [3.63, 3.8) is 0 Å². The maximum Gasteiger partial charge on any atom is 0.435 e. The van der Waals surface area contributed by atoms with E-state index < -0.39 is 73.7 Å².